The number of rotatable bonds is 4. The molecule has 0 amide bonds. The average molecular weight is 384 g/mol. The molecular formula is C22H16N4OS. The van der Waals surface area contributed by atoms with Crippen molar-refractivity contribution < 1.29 is 0 Å². The third kappa shape index (κ3) is 2.93. The Morgan fingerprint density at radius 2 is 1.75 bits per heavy atom. The van der Waals surface area contributed by atoms with Crippen LogP contribution >= 0.6 is 11.3 Å². The second-order valence-electron chi connectivity index (χ2n) is 6.51. The van der Waals surface area contributed by atoms with E-state index in [1.165, 1.54) is 23.2 Å². The smallest absolute Gasteiger partial charge is 0.268 e. The van der Waals surface area contributed by atoms with Gasteiger partial charge in [-0.15, -0.1) is 11.3 Å². The number of nitrogens with one attached hydrogen (secondary N) is 1. The Morgan fingerprint density at radius 3 is 2.54 bits per heavy atom. The van der Waals surface area contributed by atoms with Crippen molar-refractivity contribution in [3.63, 3.8) is 0 Å². The van der Waals surface area contributed by atoms with Gasteiger partial charge in [0, 0.05) is 29.1 Å². The second kappa shape index (κ2) is 6.90. The molecule has 0 spiro atoms. The lowest BCUT2D eigenvalue weighted by molar-refractivity contribution is 0.890. The van der Waals surface area contributed by atoms with Crippen LogP contribution in [-0.4, -0.2) is 19.7 Å². The first kappa shape index (κ1) is 16.6. The van der Waals surface area contributed by atoms with Crippen molar-refractivity contribution in [2.75, 3.05) is 0 Å². The van der Waals surface area contributed by atoms with E-state index < -0.39 is 0 Å². The highest BCUT2D eigenvalue weighted by Crippen LogP contribution is 2.29. The van der Waals surface area contributed by atoms with Crippen LogP contribution < -0.4 is 5.56 Å². The predicted octanol–water partition coefficient (Wildman–Crippen LogP) is 4.43. The zero-order chi connectivity index (χ0) is 18.9. The van der Waals surface area contributed by atoms with Crippen LogP contribution in [0.1, 0.15) is 11.1 Å². The first-order valence-corrected chi connectivity index (χ1v) is 9.81. The lowest BCUT2D eigenvalue weighted by Gasteiger charge is -2.02. The molecule has 0 atom stereocenters. The van der Waals surface area contributed by atoms with E-state index in [2.05, 4.69) is 34.2 Å². The fourth-order valence-corrected chi connectivity index (χ4v) is 4.21. The quantitative estimate of drug-likeness (QED) is 0.499. The Balaban J connectivity index is 1.67. The van der Waals surface area contributed by atoms with Crippen LogP contribution in [0.3, 0.4) is 0 Å². The molecule has 2 aromatic carbocycles. The molecule has 5 aromatic rings. The van der Waals surface area contributed by atoms with Gasteiger partial charge in [-0.3, -0.25) is 4.79 Å². The summed E-state index contributed by atoms with van der Waals surface area (Å²) in [6, 6.07) is 20.5. The van der Waals surface area contributed by atoms with Gasteiger partial charge in [0.25, 0.3) is 5.56 Å². The summed E-state index contributed by atoms with van der Waals surface area (Å²) < 4.78 is 2.45. The highest BCUT2D eigenvalue weighted by Gasteiger charge is 2.16. The normalized spacial score (nSPS) is 11.1. The maximum Gasteiger partial charge on any atom is 0.268 e. The molecule has 6 heteroatoms. The predicted molar refractivity (Wildman–Crippen MR) is 112 cm³/mol. The molecular weight excluding hydrogens is 368 g/mol. The van der Waals surface area contributed by atoms with Crippen molar-refractivity contribution >= 4 is 21.6 Å². The van der Waals surface area contributed by atoms with Crippen molar-refractivity contribution in [1.29, 1.82) is 0 Å². The van der Waals surface area contributed by atoms with E-state index in [9.17, 15) is 4.79 Å². The van der Waals surface area contributed by atoms with Gasteiger partial charge in [-0.05, 0) is 5.56 Å². The van der Waals surface area contributed by atoms with E-state index in [-0.39, 0.29) is 5.56 Å². The van der Waals surface area contributed by atoms with Crippen LogP contribution in [0.15, 0.2) is 83.4 Å². The molecule has 0 aliphatic carbocycles. The minimum atomic E-state index is -0.124. The van der Waals surface area contributed by atoms with Gasteiger partial charge in [0.15, 0.2) is 0 Å². The van der Waals surface area contributed by atoms with Crippen molar-refractivity contribution in [1.82, 2.24) is 19.7 Å². The molecule has 3 aromatic heterocycles. The van der Waals surface area contributed by atoms with Gasteiger partial charge in [-0.25, -0.2) is 9.67 Å². The monoisotopic (exact) mass is 384 g/mol. The Labute approximate surface area is 164 Å². The van der Waals surface area contributed by atoms with Gasteiger partial charge in [0.05, 0.1) is 12.0 Å². The lowest BCUT2D eigenvalue weighted by Crippen LogP contribution is -2.04. The summed E-state index contributed by atoms with van der Waals surface area (Å²) in [6.07, 6.45) is 4.26. The van der Waals surface area contributed by atoms with Gasteiger partial charge in [-0.2, -0.15) is 5.10 Å². The van der Waals surface area contributed by atoms with Crippen molar-refractivity contribution in [3.05, 3.63) is 100 Å². The van der Waals surface area contributed by atoms with Crippen LogP contribution in [0, 0.1) is 0 Å². The number of H-pyrrole nitrogens is 1. The first-order chi connectivity index (χ1) is 13.8. The zero-order valence-electron chi connectivity index (χ0n) is 14.9. The molecule has 28 heavy (non-hydrogen) atoms. The van der Waals surface area contributed by atoms with Crippen molar-refractivity contribution in [2.45, 2.75) is 6.42 Å². The lowest BCUT2D eigenvalue weighted by atomic mass is 10.0. The minimum Gasteiger partial charge on any atom is -0.312 e. The minimum absolute atomic E-state index is 0.124. The van der Waals surface area contributed by atoms with Crippen LogP contribution in [-0.2, 0) is 6.42 Å². The maximum absolute atomic E-state index is 12.0. The van der Waals surface area contributed by atoms with Crippen LogP contribution in [0.4, 0.5) is 0 Å². The van der Waals surface area contributed by atoms with E-state index in [0.29, 0.717) is 10.2 Å². The first-order valence-electron chi connectivity index (χ1n) is 8.93. The molecule has 0 radical (unpaired) electrons. The van der Waals surface area contributed by atoms with Gasteiger partial charge >= 0.3 is 0 Å². The van der Waals surface area contributed by atoms with E-state index in [0.717, 1.165) is 28.9 Å². The number of thiophene rings is 1. The van der Waals surface area contributed by atoms with E-state index in [4.69, 9.17) is 5.10 Å². The number of aromatic amines is 1. The SMILES string of the molecule is O=c1[nH]cnc2c(-n3cc(Cc4ccccc4)c(-c4ccccc4)n3)csc12. The number of hydrogen-bond acceptors (Lipinski definition) is 4. The maximum atomic E-state index is 12.0. The summed E-state index contributed by atoms with van der Waals surface area (Å²) >= 11 is 1.38. The van der Waals surface area contributed by atoms with Crippen molar-refractivity contribution in [2.24, 2.45) is 0 Å². The Kier molecular flexibility index (Phi) is 4.10. The highest BCUT2D eigenvalue weighted by atomic mass is 32.1. The molecule has 0 unspecified atom stereocenters. The Morgan fingerprint density at radius 1 is 1.00 bits per heavy atom. The van der Waals surface area contributed by atoms with Crippen LogP contribution in [0.5, 0.6) is 0 Å². The fourth-order valence-electron chi connectivity index (χ4n) is 3.33. The summed E-state index contributed by atoms with van der Waals surface area (Å²) in [5.74, 6) is 0. The number of fused-ring (bicyclic) bond motifs is 1. The summed E-state index contributed by atoms with van der Waals surface area (Å²) in [7, 11) is 0. The molecule has 1 N–H and O–H groups in total. The molecule has 0 fully saturated rings. The average Bonchev–Trinajstić information content (AvgIpc) is 3.34. The van der Waals surface area contributed by atoms with Crippen molar-refractivity contribution in [3.8, 4) is 16.9 Å². The fraction of sp³-hybridized carbons (Fsp3) is 0.0455. The topological polar surface area (TPSA) is 63.6 Å². The molecule has 5 rings (SSSR count). The van der Waals surface area contributed by atoms with E-state index in [1.807, 2.05) is 52.7 Å². The second-order valence-corrected chi connectivity index (χ2v) is 7.39. The van der Waals surface area contributed by atoms with Gasteiger partial charge in [-0.1, -0.05) is 60.7 Å². The molecule has 3 heterocycles. The van der Waals surface area contributed by atoms with Gasteiger partial charge in [0.2, 0.25) is 0 Å². The summed E-state index contributed by atoms with van der Waals surface area (Å²) in [6.45, 7) is 0. The molecule has 0 saturated heterocycles. The number of aromatic nitrogens is 4. The zero-order valence-corrected chi connectivity index (χ0v) is 15.7. The third-order valence-corrected chi connectivity index (χ3v) is 5.62. The summed E-state index contributed by atoms with van der Waals surface area (Å²) in [5, 5.41) is 6.80. The Hall–Kier alpha value is -3.51. The summed E-state index contributed by atoms with van der Waals surface area (Å²) in [5.41, 5.74) is 5.72. The molecule has 136 valence electrons. The van der Waals surface area contributed by atoms with Crippen LogP contribution in [0.25, 0.3) is 27.2 Å². The number of benzene rings is 2. The number of hydrogen-bond donors (Lipinski definition) is 1. The van der Waals surface area contributed by atoms with Gasteiger partial charge < -0.3 is 4.98 Å². The summed E-state index contributed by atoms with van der Waals surface area (Å²) in [4.78, 5) is 19.0. The van der Waals surface area contributed by atoms with Gasteiger partial charge in [0.1, 0.15) is 15.9 Å². The standard InChI is InChI=1S/C22H16N4OS/c27-22-21-20(23-14-24-22)18(13-28-21)26-12-17(11-15-7-3-1-4-8-15)19(25-26)16-9-5-2-6-10-16/h1-10,12-14H,11H2,(H,23,24,27). The molecule has 0 bridgehead atoms. The van der Waals surface area contributed by atoms with E-state index in [1.54, 1.807) is 0 Å². The van der Waals surface area contributed by atoms with E-state index >= 15 is 0 Å². The number of nitrogens with zero attached hydrogens (tertiary/aromatic N) is 3. The highest BCUT2D eigenvalue weighted by molar-refractivity contribution is 7.17. The third-order valence-electron chi connectivity index (χ3n) is 4.66. The Bertz CT molecular complexity index is 1300. The molecule has 0 aliphatic heterocycles. The van der Waals surface area contributed by atoms with Crippen LogP contribution in [0.2, 0.25) is 0 Å². The molecule has 0 aliphatic rings. The molecule has 0 saturated carbocycles. The largest absolute Gasteiger partial charge is 0.312 e. The molecule has 5 nitrogen and oxygen atoms in total.